The first-order chi connectivity index (χ1) is 12.4. The lowest BCUT2D eigenvalue weighted by atomic mass is 10.3. The Hall–Kier alpha value is -2.91. The second-order valence-corrected chi connectivity index (χ2v) is 7.34. The third-order valence-corrected chi connectivity index (χ3v) is 5.01. The molecule has 1 aromatic heterocycles. The van der Waals surface area contributed by atoms with Crippen molar-refractivity contribution in [3.05, 3.63) is 66.2 Å². The van der Waals surface area contributed by atoms with Gasteiger partial charge in [0.2, 0.25) is 5.91 Å². The molecule has 2 N–H and O–H groups in total. The molecule has 26 heavy (non-hydrogen) atoms. The molecule has 134 valence electrons. The Labute approximate surface area is 154 Å². The Balaban J connectivity index is 1.75. The van der Waals surface area contributed by atoms with Gasteiger partial charge in [0.15, 0.2) is 0 Å². The van der Waals surface area contributed by atoms with Gasteiger partial charge in [-0.3, -0.25) is 9.52 Å². The van der Waals surface area contributed by atoms with Crippen molar-refractivity contribution in [1.29, 1.82) is 0 Å². The fourth-order valence-corrected chi connectivity index (χ4v) is 3.51. The number of nitrogens with one attached hydrogen (secondary N) is 2. The van der Waals surface area contributed by atoms with Crippen molar-refractivity contribution in [2.24, 2.45) is 0 Å². The van der Waals surface area contributed by atoms with Gasteiger partial charge >= 0.3 is 0 Å². The van der Waals surface area contributed by atoms with Crippen molar-refractivity contribution in [3.63, 3.8) is 0 Å². The monoisotopic (exact) mass is 391 g/mol. The summed E-state index contributed by atoms with van der Waals surface area (Å²) >= 11 is 5.99. The van der Waals surface area contributed by atoms with Crippen LogP contribution in [0.3, 0.4) is 0 Å². The molecule has 0 fully saturated rings. The number of benzene rings is 2. The van der Waals surface area contributed by atoms with Crippen LogP contribution in [0.15, 0.2) is 66.1 Å². The standard InChI is InChI=1S/C16H14ClN5O3S/c17-14-6-1-2-7-15(14)21-26(24,25)13-5-3-4-12(8-13)20-16(23)9-22-11-18-10-19-22/h1-8,10-11,21H,9H2,(H,20,23). The minimum Gasteiger partial charge on any atom is -0.324 e. The molecule has 0 saturated carbocycles. The van der Waals surface area contributed by atoms with E-state index in [0.717, 1.165) is 0 Å². The highest BCUT2D eigenvalue weighted by atomic mass is 35.5. The smallest absolute Gasteiger partial charge is 0.262 e. The van der Waals surface area contributed by atoms with Gasteiger partial charge in [0.25, 0.3) is 10.0 Å². The maximum absolute atomic E-state index is 12.5. The predicted molar refractivity (Wildman–Crippen MR) is 97.4 cm³/mol. The molecular weight excluding hydrogens is 378 g/mol. The first-order valence-corrected chi connectivity index (χ1v) is 9.30. The van der Waals surface area contributed by atoms with E-state index < -0.39 is 10.0 Å². The van der Waals surface area contributed by atoms with E-state index in [-0.39, 0.29) is 28.1 Å². The largest absolute Gasteiger partial charge is 0.324 e. The molecule has 2 aromatic carbocycles. The van der Waals surface area contributed by atoms with Crippen LogP contribution in [0.1, 0.15) is 0 Å². The second-order valence-electron chi connectivity index (χ2n) is 5.25. The number of hydrogen-bond acceptors (Lipinski definition) is 5. The topological polar surface area (TPSA) is 106 Å². The zero-order valence-electron chi connectivity index (χ0n) is 13.3. The Morgan fingerprint density at radius 2 is 1.96 bits per heavy atom. The number of carbonyl (C=O) groups excluding carboxylic acids is 1. The highest BCUT2D eigenvalue weighted by molar-refractivity contribution is 7.92. The number of anilines is 2. The number of aromatic nitrogens is 3. The summed E-state index contributed by atoms with van der Waals surface area (Å²) in [6.45, 7) is -0.0329. The van der Waals surface area contributed by atoms with Crippen molar-refractivity contribution in [3.8, 4) is 0 Å². The van der Waals surface area contributed by atoms with Crippen LogP contribution in [0.4, 0.5) is 11.4 Å². The Morgan fingerprint density at radius 1 is 1.15 bits per heavy atom. The Bertz CT molecular complexity index is 1020. The Kier molecular flexibility index (Phi) is 5.19. The minimum atomic E-state index is -3.86. The van der Waals surface area contributed by atoms with Crippen LogP contribution < -0.4 is 10.0 Å². The third-order valence-electron chi connectivity index (χ3n) is 3.32. The quantitative estimate of drug-likeness (QED) is 0.671. The van der Waals surface area contributed by atoms with Crippen molar-refractivity contribution >= 4 is 38.9 Å². The molecule has 1 amide bonds. The maximum atomic E-state index is 12.5. The Morgan fingerprint density at radius 3 is 2.69 bits per heavy atom. The molecule has 0 radical (unpaired) electrons. The summed E-state index contributed by atoms with van der Waals surface area (Å²) in [6, 6.07) is 12.4. The van der Waals surface area contributed by atoms with Gasteiger partial charge in [0, 0.05) is 5.69 Å². The maximum Gasteiger partial charge on any atom is 0.262 e. The van der Waals surface area contributed by atoms with Crippen molar-refractivity contribution in [2.45, 2.75) is 11.4 Å². The zero-order valence-corrected chi connectivity index (χ0v) is 14.9. The second kappa shape index (κ2) is 7.54. The number of hydrogen-bond donors (Lipinski definition) is 2. The summed E-state index contributed by atoms with van der Waals surface area (Å²) in [7, 11) is -3.86. The van der Waals surface area contributed by atoms with E-state index in [1.54, 1.807) is 30.3 Å². The van der Waals surface area contributed by atoms with Gasteiger partial charge in [-0.15, -0.1) is 0 Å². The molecule has 3 aromatic rings. The van der Waals surface area contributed by atoms with Crippen LogP contribution in [0.5, 0.6) is 0 Å². The summed E-state index contributed by atoms with van der Waals surface area (Å²) in [5.74, 6) is -0.357. The van der Waals surface area contributed by atoms with Gasteiger partial charge < -0.3 is 5.32 Å². The molecule has 8 nitrogen and oxygen atoms in total. The fraction of sp³-hybridized carbons (Fsp3) is 0.0625. The fourth-order valence-electron chi connectivity index (χ4n) is 2.15. The van der Waals surface area contributed by atoms with Gasteiger partial charge in [0.05, 0.1) is 15.6 Å². The van der Waals surface area contributed by atoms with Gasteiger partial charge in [-0.2, -0.15) is 5.10 Å². The number of amides is 1. The molecule has 0 atom stereocenters. The molecule has 1 heterocycles. The van der Waals surface area contributed by atoms with Crippen molar-refractivity contribution in [2.75, 3.05) is 10.0 Å². The molecule has 0 bridgehead atoms. The van der Waals surface area contributed by atoms with Crippen LogP contribution in [-0.2, 0) is 21.4 Å². The summed E-state index contributed by atoms with van der Waals surface area (Å²) in [5.41, 5.74) is 0.618. The van der Waals surface area contributed by atoms with Crippen LogP contribution >= 0.6 is 11.6 Å². The lowest BCUT2D eigenvalue weighted by Crippen LogP contribution is -2.19. The van der Waals surface area contributed by atoms with E-state index in [4.69, 9.17) is 11.6 Å². The molecule has 0 spiro atoms. The third kappa shape index (κ3) is 4.38. The molecular formula is C16H14ClN5O3S. The average Bonchev–Trinajstić information content (AvgIpc) is 3.10. The number of carbonyl (C=O) groups is 1. The average molecular weight is 392 g/mol. The van der Waals surface area contributed by atoms with E-state index >= 15 is 0 Å². The first kappa shape index (κ1) is 17.9. The number of rotatable bonds is 6. The minimum absolute atomic E-state index is 0.00373. The summed E-state index contributed by atoms with van der Waals surface area (Å²) in [6.07, 6.45) is 2.73. The molecule has 0 aliphatic rings. The summed E-state index contributed by atoms with van der Waals surface area (Å²) in [4.78, 5) is 15.7. The summed E-state index contributed by atoms with van der Waals surface area (Å²) in [5, 5.41) is 6.74. The van der Waals surface area contributed by atoms with Crippen molar-refractivity contribution < 1.29 is 13.2 Å². The first-order valence-electron chi connectivity index (χ1n) is 7.44. The molecule has 3 rings (SSSR count). The SMILES string of the molecule is O=C(Cn1cncn1)Nc1cccc(S(=O)(=O)Nc2ccccc2Cl)c1. The highest BCUT2D eigenvalue weighted by Crippen LogP contribution is 2.25. The van der Waals surface area contributed by atoms with E-state index in [2.05, 4.69) is 20.1 Å². The number of nitrogens with zero attached hydrogens (tertiary/aromatic N) is 3. The van der Waals surface area contributed by atoms with E-state index in [1.807, 2.05) is 0 Å². The zero-order chi connectivity index (χ0) is 18.6. The van der Waals surface area contributed by atoms with Crippen LogP contribution in [0.2, 0.25) is 5.02 Å². The molecule has 0 saturated heterocycles. The van der Waals surface area contributed by atoms with Gasteiger partial charge in [-0.1, -0.05) is 29.8 Å². The van der Waals surface area contributed by atoms with Crippen LogP contribution in [-0.4, -0.2) is 29.1 Å². The lowest BCUT2D eigenvalue weighted by molar-refractivity contribution is -0.116. The highest BCUT2D eigenvalue weighted by Gasteiger charge is 2.16. The number of sulfonamides is 1. The van der Waals surface area contributed by atoms with E-state index in [9.17, 15) is 13.2 Å². The van der Waals surface area contributed by atoms with E-state index in [1.165, 1.54) is 35.5 Å². The lowest BCUT2D eigenvalue weighted by Gasteiger charge is -2.11. The van der Waals surface area contributed by atoms with Gasteiger partial charge in [0.1, 0.15) is 19.2 Å². The summed E-state index contributed by atoms with van der Waals surface area (Å²) < 4.78 is 28.9. The number of halogens is 1. The normalized spacial score (nSPS) is 11.1. The van der Waals surface area contributed by atoms with Crippen LogP contribution in [0.25, 0.3) is 0 Å². The molecule has 0 aliphatic heterocycles. The molecule has 0 unspecified atom stereocenters. The van der Waals surface area contributed by atoms with Gasteiger partial charge in [-0.05, 0) is 30.3 Å². The molecule has 0 aliphatic carbocycles. The van der Waals surface area contributed by atoms with Gasteiger partial charge in [-0.25, -0.2) is 18.1 Å². The predicted octanol–water partition coefficient (Wildman–Crippen LogP) is 2.37. The van der Waals surface area contributed by atoms with Crippen LogP contribution in [0, 0.1) is 0 Å². The number of para-hydroxylation sites is 1. The van der Waals surface area contributed by atoms with Crippen molar-refractivity contribution in [1.82, 2.24) is 14.8 Å². The van der Waals surface area contributed by atoms with E-state index in [0.29, 0.717) is 5.69 Å². The molecule has 10 heteroatoms.